The Labute approximate surface area is 230 Å². The number of benzene rings is 3. The minimum absolute atomic E-state index is 0.0918. The molecule has 0 atom stereocenters. The number of fused-ring (bicyclic) bond motifs is 1. The summed E-state index contributed by atoms with van der Waals surface area (Å²) in [5.74, 6) is -0.0137. The summed E-state index contributed by atoms with van der Waals surface area (Å²) in [7, 11) is 0. The van der Waals surface area contributed by atoms with Crippen molar-refractivity contribution in [1.29, 1.82) is 0 Å². The average Bonchev–Trinajstić information content (AvgIpc) is 3.61. The van der Waals surface area contributed by atoms with Crippen molar-refractivity contribution in [2.45, 2.75) is 6.42 Å². The van der Waals surface area contributed by atoms with Crippen LogP contribution in [0.5, 0.6) is 5.88 Å². The van der Waals surface area contributed by atoms with Crippen LogP contribution in [0.25, 0.3) is 10.9 Å². The molecule has 1 fully saturated rings. The zero-order valence-electron chi connectivity index (χ0n) is 21.3. The van der Waals surface area contributed by atoms with Gasteiger partial charge in [0.25, 0.3) is 5.91 Å². The van der Waals surface area contributed by atoms with Crippen LogP contribution in [0, 0.1) is 0 Å². The van der Waals surface area contributed by atoms with Crippen LogP contribution in [-0.2, 0) is 11.2 Å². The van der Waals surface area contributed by atoms with E-state index in [2.05, 4.69) is 38.4 Å². The minimum Gasteiger partial charge on any atom is -0.494 e. The number of carbonyl (C=O) groups excluding carboxylic acids is 1. The summed E-state index contributed by atoms with van der Waals surface area (Å²) in [4.78, 5) is 23.1. The Morgan fingerprint density at radius 3 is 2.64 bits per heavy atom. The van der Waals surface area contributed by atoms with Crippen LogP contribution in [0.2, 0.25) is 0 Å². The Morgan fingerprint density at radius 1 is 1.03 bits per heavy atom. The Hall–Kier alpha value is -4.40. The number of nitrogens with one attached hydrogen (secondary N) is 2. The molecule has 0 unspecified atom stereocenters. The molecule has 7 nitrogen and oxygen atoms in total. The van der Waals surface area contributed by atoms with Gasteiger partial charge in [-0.2, -0.15) is 0 Å². The van der Waals surface area contributed by atoms with Crippen molar-refractivity contribution in [1.82, 2.24) is 4.98 Å². The van der Waals surface area contributed by atoms with Gasteiger partial charge in [0.1, 0.15) is 0 Å². The highest BCUT2D eigenvalue weighted by Crippen LogP contribution is 2.29. The molecule has 0 spiro atoms. The maximum absolute atomic E-state index is 12.4. The number of rotatable bonds is 7. The topological polar surface area (TPSA) is 90.0 Å². The van der Waals surface area contributed by atoms with E-state index < -0.39 is 0 Å². The monoisotopic (exact) mass is 536 g/mol. The highest BCUT2D eigenvalue weighted by atomic mass is 32.1. The van der Waals surface area contributed by atoms with Crippen molar-refractivity contribution in [2.75, 3.05) is 36.5 Å². The number of aromatic amines is 1. The minimum atomic E-state index is -0.106. The second-order valence-corrected chi connectivity index (χ2v) is 10.4. The zero-order valence-corrected chi connectivity index (χ0v) is 22.1. The molecule has 1 aliphatic heterocycles. The van der Waals surface area contributed by atoms with Gasteiger partial charge in [-0.1, -0.05) is 24.3 Å². The Bertz CT molecular complexity index is 1620. The van der Waals surface area contributed by atoms with Gasteiger partial charge in [0, 0.05) is 41.6 Å². The number of anilines is 2. The number of H-pyrrole nitrogens is 1. The molecular weight excluding hydrogens is 508 g/mol. The molecule has 0 bridgehead atoms. The van der Waals surface area contributed by atoms with Crippen LogP contribution in [0.3, 0.4) is 0 Å². The number of ether oxygens (including phenoxy) is 1. The van der Waals surface area contributed by atoms with Crippen LogP contribution in [0.1, 0.15) is 26.4 Å². The lowest BCUT2D eigenvalue weighted by molar-refractivity contribution is 0.103. The third kappa shape index (κ3) is 5.72. The Kier molecular flexibility index (Phi) is 7.12. The first-order chi connectivity index (χ1) is 19.1. The Balaban J connectivity index is 1.19. The SMILES string of the molecule is O=C(Nc1cccc(Cc2ccc3[nH]c(O)c(C=Nc4ccc(N5CCOCC5)cc4)c3c2)c1)c1cccs1. The van der Waals surface area contributed by atoms with Crippen molar-refractivity contribution in [2.24, 2.45) is 4.99 Å². The number of morpholine rings is 1. The van der Waals surface area contributed by atoms with E-state index in [1.807, 2.05) is 66.0 Å². The molecule has 3 aromatic carbocycles. The van der Waals surface area contributed by atoms with Gasteiger partial charge in [0.2, 0.25) is 0 Å². The molecule has 1 amide bonds. The van der Waals surface area contributed by atoms with E-state index in [4.69, 9.17) is 4.74 Å². The predicted molar refractivity (Wildman–Crippen MR) is 158 cm³/mol. The molecule has 0 saturated carbocycles. The van der Waals surface area contributed by atoms with Gasteiger partial charge in [-0.15, -0.1) is 11.3 Å². The van der Waals surface area contributed by atoms with Gasteiger partial charge < -0.3 is 25.0 Å². The van der Waals surface area contributed by atoms with Gasteiger partial charge in [-0.05, 0) is 77.5 Å². The molecule has 0 aliphatic carbocycles. The summed E-state index contributed by atoms with van der Waals surface area (Å²) >= 11 is 1.42. The number of hydrogen-bond acceptors (Lipinski definition) is 6. The fourth-order valence-electron chi connectivity index (χ4n) is 4.79. The van der Waals surface area contributed by atoms with Gasteiger partial charge in [0.05, 0.1) is 29.3 Å². The summed E-state index contributed by atoms with van der Waals surface area (Å²) in [6, 6.07) is 25.8. The summed E-state index contributed by atoms with van der Waals surface area (Å²) in [6.45, 7) is 3.28. The number of nitrogens with zero attached hydrogens (tertiary/aromatic N) is 2. The summed E-state index contributed by atoms with van der Waals surface area (Å²) in [6.07, 6.45) is 2.40. The van der Waals surface area contributed by atoms with Gasteiger partial charge in [-0.3, -0.25) is 9.79 Å². The number of aliphatic imine (C=N–C) groups is 1. The summed E-state index contributed by atoms with van der Waals surface area (Å²) < 4.78 is 5.44. The fraction of sp³-hybridized carbons (Fsp3) is 0.161. The lowest BCUT2D eigenvalue weighted by Gasteiger charge is -2.28. The summed E-state index contributed by atoms with van der Waals surface area (Å²) in [5, 5.41) is 16.4. The van der Waals surface area contributed by atoms with Crippen molar-refractivity contribution in [3.63, 3.8) is 0 Å². The first-order valence-electron chi connectivity index (χ1n) is 12.9. The molecule has 1 saturated heterocycles. The van der Waals surface area contributed by atoms with Crippen LogP contribution < -0.4 is 10.2 Å². The number of aromatic nitrogens is 1. The third-order valence-electron chi connectivity index (χ3n) is 6.79. The molecule has 0 radical (unpaired) electrons. The first-order valence-corrected chi connectivity index (χ1v) is 13.7. The fourth-order valence-corrected chi connectivity index (χ4v) is 5.41. The largest absolute Gasteiger partial charge is 0.494 e. The number of carbonyl (C=O) groups is 1. The highest BCUT2D eigenvalue weighted by molar-refractivity contribution is 7.12. The van der Waals surface area contributed by atoms with Crippen LogP contribution >= 0.6 is 11.3 Å². The third-order valence-corrected chi connectivity index (χ3v) is 7.66. The van der Waals surface area contributed by atoms with Crippen LogP contribution in [0.15, 0.2) is 89.2 Å². The van der Waals surface area contributed by atoms with Crippen molar-refractivity contribution < 1.29 is 14.6 Å². The van der Waals surface area contributed by atoms with Crippen LogP contribution in [0.4, 0.5) is 17.1 Å². The number of thiophene rings is 1. The molecule has 2 aromatic heterocycles. The first kappa shape index (κ1) is 24.9. The molecule has 196 valence electrons. The molecule has 1 aliphatic rings. The summed E-state index contributed by atoms with van der Waals surface area (Å²) in [5.41, 5.74) is 6.41. The predicted octanol–water partition coefficient (Wildman–Crippen LogP) is 6.37. The van der Waals surface area contributed by atoms with E-state index in [9.17, 15) is 9.90 Å². The van der Waals surface area contributed by atoms with Gasteiger partial charge >= 0.3 is 0 Å². The zero-order chi connectivity index (χ0) is 26.6. The second kappa shape index (κ2) is 11.1. The van der Waals surface area contributed by atoms with E-state index in [1.54, 1.807) is 6.21 Å². The smallest absolute Gasteiger partial charge is 0.265 e. The molecule has 8 heteroatoms. The quantitative estimate of drug-likeness (QED) is 0.211. The molecule has 5 aromatic rings. The molecule has 6 rings (SSSR count). The van der Waals surface area contributed by atoms with Crippen molar-refractivity contribution in [3.8, 4) is 5.88 Å². The molecule has 3 N–H and O–H groups in total. The van der Waals surface area contributed by atoms with Crippen molar-refractivity contribution in [3.05, 3.63) is 106 Å². The number of amides is 1. The van der Waals surface area contributed by atoms with E-state index in [0.717, 1.165) is 65.4 Å². The number of aromatic hydroxyl groups is 1. The lowest BCUT2D eigenvalue weighted by Crippen LogP contribution is -2.36. The number of hydrogen-bond donors (Lipinski definition) is 3. The molecule has 3 heterocycles. The van der Waals surface area contributed by atoms with Crippen molar-refractivity contribution >= 4 is 51.4 Å². The second-order valence-electron chi connectivity index (χ2n) is 9.45. The molecule has 39 heavy (non-hydrogen) atoms. The molecular formula is C31H28N4O3S. The van der Waals surface area contributed by atoms with E-state index in [0.29, 0.717) is 16.9 Å². The van der Waals surface area contributed by atoms with Gasteiger partial charge in [0.15, 0.2) is 5.88 Å². The Morgan fingerprint density at radius 2 is 1.85 bits per heavy atom. The van der Waals surface area contributed by atoms with Gasteiger partial charge in [-0.25, -0.2) is 0 Å². The standard InChI is InChI=1S/C31H28N4O3S/c36-30-27(20-32-23-7-9-25(10-8-23)35-12-14-38-15-13-35)26-19-22(6-11-28(26)34-30)17-21-3-1-4-24(18-21)33-31(37)29-5-2-16-39-29/h1-11,16,18-20,34,36H,12-15,17H2,(H,33,37). The van der Waals surface area contributed by atoms with E-state index in [-0.39, 0.29) is 11.8 Å². The van der Waals surface area contributed by atoms with E-state index >= 15 is 0 Å². The maximum Gasteiger partial charge on any atom is 0.265 e. The maximum atomic E-state index is 12.4. The van der Waals surface area contributed by atoms with Crippen LogP contribution in [-0.4, -0.2) is 48.5 Å². The lowest BCUT2D eigenvalue weighted by atomic mass is 10.0. The van der Waals surface area contributed by atoms with E-state index in [1.165, 1.54) is 11.3 Å². The highest BCUT2D eigenvalue weighted by Gasteiger charge is 2.13. The normalized spacial score (nSPS) is 13.8. The average molecular weight is 537 g/mol.